The Morgan fingerprint density at radius 3 is 2.35 bits per heavy atom. The molecule has 96 valence electrons. The van der Waals surface area contributed by atoms with Crippen LogP contribution < -0.4 is 5.73 Å². The summed E-state index contributed by atoms with van der Waals surface area (Å²) in [5.41, 5.74) is 5.14. The molecule has 0 radical (unpaired) electrons. The molecule has 1 aromatic carbocycles. The minimum Gasteiger partial charge on any atom is -0.379 e. The summed E-state index contributed by atoms with van der Waals surface area (Å²) in [6.07, 6.45) is -4.31. The quantitative estimate of drug-likeness (QED) is 0.893. The van der Waals surface area contributed by atoms with Gasteiger partial charge in [0.05, 0.1) is 24.2 Å². The van der Waals surface area contributed by atoms with Crippen molar-refractivity contribution in [2.45, 2.75) is 11.6 Å². The third kappa shape index (κ3) is 2.56. The minimum absolute atomic E-state index is 0. The Morgan fingerprint density at radius 1 is 1.29 bits per heavy atom. The van der Waals surface area contributed by atoms with Gasteiger partial charge in [-0.2, -0.15) is 13.2 Å². The zero-order chi connectivity index (χ0) is 11.8. The molecule has 1 saturated heterocycles. The van der Waals surface area contributed by atoms with Crippen molar-refractivity contribution in [1.29, 1.82) is 0 Å². The number of ether oxygens (including phenoxy) is 1. The minimum atomic E-state index is -4.31. The summed E-state index contributed by atoms with van der Waals surface area (Å²) < 4.78 is 42.6. The summed E-state index contributed by atoms with van der Waals surface area (Å²) in [5, 5.41) is 0. The van der Waals surface area contributed by atoms with Crippen LogP contribution in [0, 0.1) is 0 Å². The van der Waals surface area contributed by atoms with E-state index in [4.69, 9.17) is 10.5 Å². The van der Waals surface area contributed by atoms with Crippen LogP contribution in [0.25, 0.3) is 0 Å². The molecule has 0 saturated carbocycles. The Balaban J connectivity index is 0.00000144. The number of hydrogen-bond donors (Lipinski definition) is 1. The number of halogens is 4. The molecule has 1 aromatic rings. The van der Waals surface area contributed by atoms with Gasteiger partial charge in [0.15, 0.2) is 0 Å². The summed E-state index contributed by atoms with van der Waals surface area (Å²) in [4.78, 5) is 0. The summed E-state index contributed by atoms with van der Waals surface area (Å²) in [6.45, 7) is 1.09. The zero-order valence-electron chi connectivity index (χ0n) is 8.96. The van der Waals surface area contributed by atoms with Crippen molar-refractivity contribution in [3.63, 3.8) is 0 Å². The predicted molar refractivity (Wildman–Crippen MR) is 60.2 cm³/mol. The van der Waals surface area contributed by atoms with Crippen molar-refractivity contribution in [2.75, 3.05) is 19.8 Å². The molecule has 0 bridgehead atoms. The van der Waals surface area contributed by atoms with Crippen LogP contribution in [0.4, 0.5) is 13.2 Å². The first-order valence-electron chi connectivity index (χ1n) is 4.93. The van der Waals surface area contributed by atoms with Crippen molar-refractivity contribution >= 4 is 12.4 Å². The molecule has 1 heterocycles. The van der Waals surface area contributed by atoms with E-state index in [2.05, 4.69) is 0 Å². The van der Waals surface area contributed by atoms with Crippen LogP contribution in [0.1, 0.15) is 11.1 Å². The van der Waals surface area contributed by atoms with Crippen molar-refractivity contribution in [2.24, 2.45) is 5.73 Å². The van der Waals surface area contributed by atoms with Gasteiger partial charge in [-0.15, -0.1) is 12.4 Å². The maximum atomic E-state index is 12.5. The highest BCUT2D eigenvalue weighted by Gasteiger charge is 2.40. The van der Waals surface area contributed by atoms with Crippen molar-refractivity contribution in [1.82, 2.24) is 0 Å². The lowest BCUT2D eigenvalue weighted by molar-refractivity contribution is -0.137. The van der Waals surface area contributed by atoms with E-state index in [0.717, 1.165) is 12.1 Å². The van der Waals surface area contributed by atoms with E-state index in [1.54, 1.807) is 6.07 Å². The maximum absolute atomic E-state index is 12.5. The summed E-state index contributed by atoms with van der Waals surface area (Å²) in [6, 6.07) is 5.31. The molecule has 0 aliphatic carbocycles. The van der Waals surface area contributed by atoms with Crippen LogP contribution in [0.5, 0.6) is 0 Å². The average Bonchev–Trinajstić information content (AvgIpc) is 2.16. The number of nitrogens with two attached hydrogens (primary N) is 1. The van der Waals surface area contributed by atoms with Gasteiger partial charge in [0, 0.05) is 6.54 Å². The molecule has 1 aliphatic rings. The molecule has 0 amide bonds. The van der Waals surface area contributed by atoms with E-state index in [1.165, 1.54) is 6.07 Å². The highest BCUT2D eigenvalue weighted by Crippen LogP contribution is 2.35. The molecule has 6 heteroatoms. The second kappa shape index (κ2) is 4.84. The number of alkyl halides is 3. The molecule has 2 rings (SSSR count). The molecule has 1 fully saturated rings. The third-order valence-corrected chi connectivity index (χ3v) is 2.95. The first kappa shape index (κ1) is 14.3. The van der Waals surface area contributed by atoms with Gasteiger partial charge in [-0.1, -0.05) is 18.2 Å². The largest absolute Gasteiger partial charge is 0.416 e. The summed E-state index contributed by atoms with van der Waals surface area (Å²) in [5.74, 6) is 0. The Hall–Kier alpha value is -0.780. The van der Waals surface area contributed by atoms with Gasteiger partial charge in [-0.3, -0.25) is 0 Å². The van der Waals surface area contributed by atoms with E-state index in [1.807, 2.05) is 0 Å². The fraction of sp³-hybridized carbons (Fsp3) is 0.455. The molecule has 17 heavy (non-hydrogen) atoms. The summed E-state index contributed by atoms with van der Waals surface area (Å²) >= 11 is 0. The highest BCUT2D eigenvalue weighted by molar-refractivity contribution is 5.85. The Labute approximate surface area is 103 Å². The monoisotopic (exact) mass is 267 g/mol. The lowest BCUT2D eigenvalue weighted by Gasteiger charge is -2.41. The van der Waals surface area contributed by atoms with E-state index in [9.17, 15) is 13.2 Å². The number of rotatable bonds is 2. The Kier molecular flexibility index (Phi) is 4.06. The van der Waals surface area contributed by atoms with Crippen LogP contribution >= 0.6 is 12.4 Å². The number of hydrogen-bond acceptors (Lipinski definition) is 2. The van der Waals surface area contributed by atoms with Crippen molar-refractivity contribution < 1.29 is 17.9 Å². The Morgan fingerprint density at radius 2 is 1.94 bits per heavy atom. The van der Waals surface area contributed by atoms with Crippen LogP contribution in [0.3, 0.4) is 0 Å². The van der Waals surface area contributed by atoms with E-state index in [-0.39, 0.29) is 12.4 Å². The molecule has 2 N–H and O–H groups in total. The smallest absolute Gasteiger partial charge is 0.379 e. The molecule has 0 atom stereocenters. The van der Waals surface area contributed by atoms with Gasteiger partial charge in [-0.05, 0) is 11.6 Å². The molecule has 0 aromatic heterocycles. The van der Waals surface area contributed by atoms with Crippen molar-refractivity contribution in [3.05, 3.63) is 35.4 Å². The first-order valence-corrected chi connectivity index (χ1v) is 4.93. The fourth-order valence-corrected chi connectivity index (χ4v) is 1.78. The second-order valence-corrected chi connectivity index (χ2v) is 4.06. The molecule has 0 unspecified atom stereocenters. The lowest BCUT2D eigenvalue weighted by Crippen LogP contribution is -2.52. The van der Waals surface area contributed by atoms with Crippen LogP contribution in [-0.2, 0) is 16.3 Å². The van der Waals surface area contributed by atoms with Crippen LogP contribution in [0.15, 0.2) is 24.3 Å². The van der Waals surface area contributed by atoms with Gasteiger partial charge < -0.3 is 10.5 Å². The first-order chi connectivity index (χ1) is 7.48. The molecule has 0 spiro atoms. The molecule has 2 nitrogen and oxygen atoms in total. The Bertz CT molecular complexity index is 385. The average molecular weight is 268 g/mol. The van der Waals surface area contributed by atoms with Gasteiger partial charge in [0.1, 0.15) is 0 Å². The highest BCUT2D eigenvalue weighted by atomic mass is 35.5. The van der Waals surface area contributed by atoms with Crippen LogP contribution in [-0.4, -0.2) is 19.8 Å². The fourth-order valence-electron chi connectivity index (χ4n) is 1.78. The van der Waals surface area contributed by atoms with Crippen molar-refractivity contribution in [3.8, 4) is 0 Å². The van der Waals surface area contributed by atoms with E-state index in [0.29, 0.717) is 25.3 Å². The van der Waals surface area contributed by atoms with Crippen LogP contribution in [0.2, 0.25) is 0 Å². The molecular formula is C11H13ClF3NO. The third-order valence-electron chi connectivity index (χ3n) is 2.95. The maximum Gasteiger partial charge on any atom is 0.416 e. The van der Waals surface area contributed by atoms with Gasteiger partial charge in [-0.25, -0.2) is 0 Å². The van der Waals surface area contributed by atoms with E-state index < -0.39 is 17.2 Å². The normalized spacial score (nSPS) is 18.1. The number of benzene rings is 1. The molecule has 1 aliphatic heterocycles. The van der Waals surface area contributed by atoms with Gasteiger partial charge >= 0.3 is 6.18 Å². The van der Waals surface area contributed by atoms with Gasteiger partial charge in [0.2, 0.25) is 0 Å². The summed E-state index contributed by atoms with van der Waals surface area (Å²) in [7, 11) is 0. The van der Waals surface area contributed by atoms with E-state index >= 15 is 0 Å². The SMILES string of the molecule is Cl.NCC1(c2cccc(C(F)(F)F)c2)COC1. The standard InChI is InChI=1S/C11H12F3NO.ClH/c12-11(13,14)9-3-1-2-8(4-9)10(5-15)6-16-7-10;/h1-4H,5-7,15H2;1H. The molecular weight excluding hydrogens is 255 g/mol. The zero-order valence-corrected chi connectivity index (χ0v) is 9.77. The topological polar surface area (TPSA) is 35.2 Å². The second-order valence-electron chi connectivity index (χ2n) is 4.06. The van der Waals surface area contributed by atoms with Gasteiger partial charge in [0.25, 0.3) is 0 Å². The predicted octanol–water partition coefficient (Wildman–Crippen LogP) is 2.35. The lowest BCUT2D eigenvalue weighted by atomic mass is 9.78.